The second-order valence-corrected chi connectivity index (χ2v) is 7.49. The number of halogens is 1. The van der Waals surface area contributed by atoms with Gasteiger partial charge in [0.05, 0.1) is 0 Å². The highest BCUT2D eigenvalue weighted by molar-refractivity contribution is 9.10. The highest BCUT2D eigenvalue weighted by Gasteiger charge is 2.30. The van der Waals surface area contributed by atoms with Crippen molar-refractivity contribution in [3.63, 3.8) is 0 Å². The van der Waals surface area contributed by atoms with Gasteiger partial charge in [0.1, 0.15) is 0 Å². The van der Waals surface area contributed by atoms with Gasteiger partial charge in [0, 0.05) is 29.5 Å². The molecular formula is C18H24BrNO. The number of fused-ring (bicyclic) bond motifs is 1. The van der Waals surface area contributed by atoms with Crippen LogP contribution >= 0.6 is 15.9 Å². The minimum Gasteiger partial charge on any atom is -0.303 e. The van der Waals surface area contributed by atoms with E-state index in [1.54, 1.807) is 0 Å². The first kappa shape index (κ1) is 15.2. The van der Waals surface area contributed by atoms with Gasteiger partial charge in [0.15, 0.2) is 5.78 Å². The molecule has 1 saturated carbocycles. The van der Waals surface area contributed by atoms with Gasteiger partial charge in [0.25, 0.3) is 0 Å². The molecule has 1 aromatic rings. The van der Waals surface area contributed by atoms with Crippen LogP contribution in [0.25, 0.3) is 0 Å². The second-order valence-electron chi connectivity index (χ2n) is 6.57. The van der Waals surface area contributed by atoms with Gasteiger partial charge in [-0.3, -0.25) is 4.79 Å². The molecule has 1 aliphatic carbocycles. The van der Waals surface area contributed by atoms with E-state index in [2.05, 4.69) is 20.8 Å². The Labute approximate surface area is 136 Å². The molecule has 2 fully saturated rings. The van der Waals surface area contributed by atoms with Crippen molar-refractivity contribution in [2.45, 2.75) is 38.5 Å². The van der Waals surface area contributed by atoms with Gasteiger partial charge in [-0.2, -0.15) is 0 Å². The second kappa shape index (κ2) is 7.06. The average molecular weight is 350 g/mol. The molecule has 3 heteroatoms. The summed E-state index contributed by atoms with van der Waals surface area (Å²) < 4.78 is 1.03. The van der Waals surface area contributed by atoms with Crippen LogP contribution in [0.4, 0.5) is 0 Å². The largest absolute Gasteiger partial charge is 0.303 e. The van der Waals surface area contributed by atoms with Crippen LogP contribution in [-0.2, 0) is 0 Å². The van der Waals surface area contributed by atoms with Gasteiger partial charge < -0.3 is 4.90 Å². The molecule has 0 aromatic heterocycles. The number of ketones is 1. The Balaban J connectivity index is 1.48. The predicted molar refractivity (Wildman–Crippen MR) is 89.6 cm³/mol. The Hall–Kier alpha value is -0.670. The topological polar surface area (TPSA) is 20.3 Å². The van der Waals surface area contributed by atoms with Crippen LogP contribution in [0.15, 0.2) is 28.7 Å². The zero-order valence-electron chi connectivity index (χ0n) is 12.6. The van der Waals surface area contributed by atoms with E-state index >= 15 is 0 Å². The van der Waals surface area contributed by atoms with E-state index in [9.17, 15) is 4.79 Å². The molecule has 114 valence electrons. The number of hydrogen-bond acceptors (Lipinski definition) is 2. The molecule has 0 radical (unpaired) electrons. The Morgan fingerprint density at radius 3 is 2.57 bits per heavy atom. The van der Waals surface area contributed by atoms with Crippen molar-refractivity contribution < 1.29 is 4.79 Å². The Kier molecular flexibility index (Phi) is 5.12. The quantitative estimate of drug-likeness (QED) is 0.744. The molecular weight excluding hydrogens is 326 g/mol. The lowest BCUT2D eigenvalue weighted by molar-refractivity contribution is 0.0787. The Morgan fingerprint density at radius 2 is 1.81 bits per heavy atom. The van der Waals surface area contributed by atoms with E-state index in [0.717, 1.165) is 28.4 Å². The third-order valence-electron chi connectivity index (χ3n) is 5.20. The van der Waals surface area contributed by atoms with Gasteiger partial charge in [0.2, 0.25) is 0 Å². The lowest BCUT2D eigenvalue weighted by atomic mass is 9.75. The summed E-state index contributed by atoms with van der Waals surface area (Å²) in [6.07, 6.45) is 7.68. The number of hydrogen-bond donors (Lipinski definition) is 0. The smallest absolute Gasteiger partial charge is 0.164 e. The van der Waals surface area contributed by atoms with Crippen molar-refractivity contribution in [3.8, 4) is 0 Å². The highest BCUT2D eigenvalue weighted by Crippen LogP contribution is 2.36. The normalized spacial score (nSPS) is 26.3. The number of nitrogens with zero attached hydrogens (tertiary/aromatic N) is 1. The maximum Gasteiger partial charge on any atom is 0.164 e. The van der Waals surface area contributed by atoms with E-state index in [4.69, 9.17) is 0 Å². The molecule has 2 aliphatic rings. The number of benzene rings is 1. The molecule has 2 nitrogen and oxygen atoms in total. The van der Waals surface area contributed by atoms with E-state index in [-0.39, 0.29) is 5.78 Å². The van der Waals surface area contributed by atoms with Crippen molar-refractivity contribution in [2.75, 3.05) is 19.6 Å². The summed E-state index contributed by atoms with van der Waals surface area (Å²) in [5.74, 6) is 2.14. The van der Waals surface area contributed by atoms with Crippen molar-refractivity contribution >= 4 is 21.7 Å². The molecule has 21 heavy (non-hydrogen) atoms. The van der Waals surface area contributed by atoms with Crippen LogP contribution in [0, 0.1) is 11.8 Å². The Morgan fingerprint density at radius 1 is 1.10 bits per heavy atom. The van der Waals surface area contributed by atoms with Gasteiger partial charge in [-0.15, -0.1) is 0 Å². The number of rotatable bonds is 4. The summed E-state index contributed by atoms with van der Waals surface area (Å²) in [4.78, 5) is 14.8. The van der Waals surface area contributed by atoms with Crippen molar-refractivity contribution in [2.24, 2.45) is 11.8 Å². The summed E-state index contributed by atoms with van der Waals surface area (Å²) in [6, 6.07) is 7.72. The lowest BCUT2D eigenvalue weighted by Gasteiger charge is -2.41. The first-order valence-electron chi connectivity index (χ1n) is 8.23. The van der Waals surface area contributed by atoms with Crippen LogP contribution < -0.4 is 0 Å². The first-order chi connectivity index (χ1) is 10.2. The summed E-state index contributed by atoms with van der Waals surface area (Å²) in [7, 11) is 0. The van der Waals surface area contributed by atoms with Crippen LogP contribution in [0.1, 0.15) is 48.9 Å². The van der Waals surface area contributed by atoms with E-state index < -0.39 is 0 Å². The third kappa shape index (κ3) is 3.95. The molecule has 3 rings (SSSR count). The van der Waals surface area contributed by atoms with Crippen molar-refractivity contribution in [1.82, 2.24) is 4.90 Å². The standard InChI is InChI=1S/C18H24BrNO/c19-17-7-5-15(6-8-17)18(21)10-12-20-11-9-14-3-1-2-4-16(14)13-20/h5-8,14,16H,1-4,9-13H2. The van der Waals surface area contributed by atoms with Gasteiger partial charge in [-0.1, -0.05) is 47.3 Å². The molecule has 1 heterocycles. The molecule has 0 bridgehead atoms. The maximum absolute atomic E-state index is 12.2. The number of carbonyl (C=O) groups is 1. The number of piperidine rings is 1. The monoisotopic (exact) mass is 349 g/mol. The van der Waals surface area contributed by atoms with Crippen molar-refractivity contribution in [3.05, 3.63) is 34.3 Å². The van der Waals surface area contributed by atoms with E-state index in [1.165, 1.54) is 45.2 Å². The fraction of sp³-hybridized carbons (Fsp3) is 0.611. The van der Waals surface area contributed by atoms with E-state index in [0.29, 0.717) is 6.42 Å². The van der Waals surface area contributed by atoms with E-state index in [1.807, 2.05) is 24.3 Å². The molecule has 2 atom stereocenters. The average Bonchev–Trinajstić information content (AvgIpc) is 2.53. The van der Waals surface area contributed by atoms with Crippen LogP contribution in [-0.4, -0.2) is 30.3 Å². The van der Waals surface area contributed by atoms with Crippen LogP contribution in [0.3, 0.4) is 0 Å². The van der Waals surface area contributed by atoms with Crippen molar-refractivity contribution in [1.29, 1.82) is 0 Å². The summed E-state index contributed by atoms with van der Waals surface area (Å²) >= 11 is 3.41. The number of carbonyl (C=O) groups excluding carboxylic acids is 1. The summed E-state index contributed by atoms with van der Waals surface area (Å²) in [6.45, 7) is 3.34. The Bertz CT molecular complexity index is 484. The van der Waals surface area contributed by atoms with Crippen LogP contribution in [0.2, 0.25) is 0 Å². The minimum atomic E-state index is 0.272. The summed E-state index contributed by atoms with van der Waals surface area (Å²) in [5, 5.41) is 0. The third-order valence-corrected chi connectivity index (χ3v) is 5.73. The molecule has 0 N–H and O–H groups in total. The molecule has 2 unspecified atom stereocenters. The SMILES string of the molecule is O=C(CCN1CCC2CCCCC2C1)c1ccc(Br)cc1. The fourth-order valence-electron chi connectivity index (χ4n) is 3.92. The first-order valence-corrected chi connectivity index (χ1v) is 9.03. The minimum absolute atomic E-state index is 0.272. The molecule has 1 aliphatic heterocycles. The fourth-order valence-corrected chi connectivity index (χ4v) is 4.18. The molecule has 0 spiro atoms. The molecule has 1 aromatic carbocycles. The lowest BCUT2D eigenvalue weighted by Crippen LogP contribution is -2.42. The highest BCUT2D eigenvalue weighted by atomic mass is 79.9. The number of Topliss-reactive ketones (excluding diaryl/α,β-unsaturated/α-hetero) is 1. The van der Waals surface area contributed by atoms with Gasteiger partial charge >= 0.3 is 0 Å². The molecule has 1 saturated heterocycles. The van der Waals surface area contributed by atoms with Gasteiger partial charge in [-0.05, 0) is 43.4 Å². The van der Waals surface area contributed by atoms with Gasteiger partial charge in [-0.25, -0.2) is 0 Å². The summed E-state index contributed by atoms with van der Waals surface area (Å²) in [5.41, 5.74) is 0.839. The predicted octanol–water partition coefficient (Wildman–Crippen LogP) is 4.53. The zero-order valence-corrected chi connectivity index (χ0v) is 14.1. The zero-order chi connectivity index (χ0) is 14.7. The van der Waals surface area contributed by atoms with Crippen LogP contribution in [0.5, 0.6) is 0 Å². The molecule has 0 amide bonds. The maximum atomic E-state index is 12.2. The number of likely N-dealkylation sites (tertiary alicyclic amines) is 1.